The predicted molar refractivity (Wildman–Crippen MR) is 97.5 cm³/mol. The Balaban J connectivity index is 1.60. The lowest BCUT2D eigenvalue weighted by Crippen LogP contribution is -2.65. The van der Waals surface area contributed by atoms with Crippen LogP contribution in [0.2, 0.25) is 0 Å². The van der Waals surface area contributed by atoms with E-state index >= 15 is 0 Å². The second-order valence-electron chi connectivity index (χ2n) is 6.99. The van der Waals surface area contributed by atoms with E-state index in [1.54, 1.807) is 30.3 Å². The van der Waals surface area contributed by atoms with Gasteiger partial charge in [0.1, 0.15) is 23.6 Å². The fourth-order valence-electron chi connectivity index (χ4n) is 4.05. The highest BCUT2D eigenvalue weighted by Crippen LogP contribution is 2.41. The molecule has 4 rings (SSSR count). The van der Waals surface area contributed by atoms with Crippen molar-refractivity contribution in [3.63, 3.8) is 0 Å². The van der Waals surface area contributed by atoms with Crippen molar-refractivity contribution in [1.82, 2.24) is 15.1 Å². The molecule has 2 amide bonds. The van der Waals surface area contributed by atoms with E-state index in [1.165, 1.54) is 11.6 Å². The van der Waals surface area contributed by atoms with Crippen LogP contribution in [0.1, 0.15) is 30.3 Å². The number of nitrogens with zero attached hydrogens (tertiary/aromatic N) is 3. The zero-order valence-electron chi connectivity index (χ0n) is 15.2. The third-order valence-electron chi connectivity index (χ3n) is 5.32. The molecule has 1 saturated carbocycles. The number of aliphatic hydroxyl groups is 1. The van der Waals surface area contributed by atoms with Crippen molar-refractivity contribution in [2.45, 2.75) is 44.1 Å². The van der Waals surface area contributed by atoms with Crippen molar-refractivity contribution in [2.24, 2.45) is 7.05 Å². The molecule has 8 heteroatoms. The first-order chi connectivity index (χ1) is 13.0. The van der Waals surface area contributed by atoms with Crippen LogP contribution in [0.5, 0.6) is 5.75 Å². The molecule has 1 aliphatic carbocycles. The highest BCUT2D eigenvalue weighted by atomic mass is 16.5. The Morgan fingerprint density at radius 3 is 2.74 bits per heavy atom. The molecule has 1 aromatic carbocycles. The molecule has 1 aromatic heterocycles. The summed E-state index contributed by atoms with van der Waals surface area (Å²) in [6.07, 6.45) is 1.46. The smallest absolute Gasteiger partial charge is 0.269 e. The molecule has 0 spiro atoms. The molecule has 4 atom stereocenters. The topological polar surface area (TPSA) is 96.7 Å². The van der Waals surface area contributed by atoms with E-state index in [9.17, 15) is 14.7 Å². The molecule has 142 valence electrons. The normalized spacial score (nSPS) is 26.6. The van der Waals surface area contributed by atoms with Crippen molar-refractivity contribution >= 4 is 17.5 Å². The highest BCUT2D eigenvalue weighted by Gasteiger charge is 2.48. The largest absolute Gasteiger partial charge is 0.486 e. The van der Waals surface area contributed by atoms with Crippen LogP contribution < -0.4 is 15.0 Å². The van der Waals surface area contributed by atoms with Gasteiger partial charge in [0.05, 0.1) is 17.8 Å². The molecule has 8 nitrogen and oxygen atoms in total. The molecule has 0 saturated heterocycles. The van der Waals surface area contributed by atoms with Gasteiger partial charge in [0.15, 0.2) is 0 Å². The first-order valence-electron chi connectivity index (χ1n) is 9.00. The van der Waals surface area contributed by atoms with Crippen molar-refractivity contribution < 1.29 is 19.4 Å². The van der Waals surface area contributed by atoms with Crippen LogP contribution in [0.4, 0.5) is 5.69 Å². The summed E-state index contributed by atoms with van der Waals surface area (Å²) in [6.45, 7) is 1.48. The van der Waals surface area contributed by atoms with Gasteiger partial charge >= 0.3 is 0 Å². The van der Waals surface area contributed by atoms with E-state index in [2.05, 4.69) is 10.4 Å². The number of anilines is 1. The van der Waals surface area contributed by atoms with Gasteiger partial charge in [-0.25, -0.2) is 0 Å². The number of hydrogen-bond donors (Lipinski definition) is 2. The van der Waals surface area contributed by atoms with E-state index in [0.717, 1.165) is 0 Å². The Kier molecular flexibility index (Phi) is 4.35. The van der Waals surface area contributed by atoms with Gasteiger partial charge in [-0.05, 0) is 31.0 Å². The van der Waals surface area contributed by atoms with Crippen molar-refractivity contribution in [3.05, 3.63) is 42.2 Å². The number of fused-ring (bicyclic) bond motifs is 2. The number of carbonyl (C=O) groups is 2. The molecule has 2 aliphatic rings. The lowest BCUT2D eigenvalue weighted by Gasteiger charge is -2.48. The molecule has 2 N–H and O–H groups in total. The second kappa shape index (κ2) is 6.70. The highest BCUT2D eigenvalue weighted by molar-refractivity contribution is 5.95. The minimum atomic E-state index is -0.946. The molecule has 27 heavy (non-hydrogen) atoms. The number of carbonyl (C=O) groups excluding carboxylic acids is 2. The van der Waals surface area contributed by atoms with Gasteiger partial charge in [0.25, 0.3) is 5.91 Å². The van der Waals surface area contributed by atoms with E-state index < -0.39 is 18.2 Å². The first-order valence-corrected chi connectivity index (χ1v) is 9.00. The van der Waals surface area contributed by atoms with Gasteiger partial charge in [-0.1, -0.05) is 12.1 Å². The zero-order chi connectivity index (χ0) is 19.1. The molecule has 0 radical (unpaired) electrons. The van der Waals surface area contributed by atoms with Crippen LogP contribution in [0.3, 0.4) is 0 Å². The number of rotatable bonds is 2. The fraction of sp³-hybridized carbons (Fsp3) is 0.421. The summed E-state index contributed by atoms with van der Waals surface area (Å²) < 4.78 is 7.53. The van der Waals surface area contributed by atoms with Gasteiger partial charge < -0.3 is 15.2 Å². The van der Waals surface area contributed by atoms with Gasteiger partial charge in [-0.2, -0.15) is 5.10 Å². The van der Waals surface area contributed by atoms with E-state index in [-0.39, 0.29) is 17.9 Å². The summed E-state index contributed by atoms with van der Waals surface area (Å²) in [5.41, 5.74) is 1.06. The molecule has 1 aliphatic heterocycles. The maximum absolute atomic E-state index is 12.5. The van der Waals surface area contributed by atoms with Gasteiger partial charge in [0, 0.05) is 20.2 Å². The van der Waals surface area contributed by atoms with Crippen LogP contribution >= 0.6 is 0 Å². The lowest BCUT2D eigenvalue weighted by molar-refractivity contribution is -0.119. The monoisotopic (exact) mass is 370 g/mol. The van der Waals surface area contributed by atoms with Crippen LogP contribution in [0.25, 0.3) is 0 Å². The molecule has 0 unspecified atom stereocenters. The predicted octanol–water partition coefficient (Wildman–Crippen LogP) is 0.856. The Morgan fingerprint density at radius 1 is 1.26 bits per heavy atom. The van der Waals surface area contributed by atoms with Crippen molar-refractivity contribution in [3.8, 4) is 5.75 Å². The van der Waals surface area contributed by atoms with Crippen molar-refractivity contribution in [1.29, 1.82) is 0 Å². The Hall–Kier alpha value is -2.87. The summed E-state index contributed by atoms with van der Waals surface area (Å²) in [7, 11) is 1.69. The molecule has 2 heterocycles. The molecular weight excluding hydrogens is 348 g/mol. The third-order valence-corrected chi connectivity index (χ3v) is 5.32. The Morgan fingerprint density at radius 2 is 2.04 bits per heavy atom. The maximum Gasteiger partial charge on any atom is 0.269 e. The number of aryl methyl sites for hydroxylation is 1. The molecular formula is C19H22N4O4. The average molecular weight is 370 g/mol. The SMILES string of the molecule is CC(=O)N1c2ccccc2O[C@@H]2CC[C@@H](NC(=O)c3ccnn3C)[C@@H](O)[C@@H]21. The fourth-order valence-corrected chi connectivity index (χ4v) is 4.05. The zero-order valence-corrected chi connectivity index (χ0v) is 15.2. The number of amides is 2. The maximum atomic E-state index is 12.5. The van der Waals surface area contributed by atoms with Gasteiger partial charge in [0.2, 0.25) is 5.91 Å². The molecule has 0 bridgehead atoms. The summed E-state index contributed by atoms with van der Waals surface area (Å²) in [5.74, 6) is 0.168. The minimum absolute atomic E-state index is 0.168. The summed E-state index contributed by atoms with van der Waals surface area (Å²) in [4.78, 5) is 26.5. The number of aromatic nitrogens is 2. The number of ether oxygens (including phenoxy) is 1. The average Bonchev–Trinajstić information content (AvgIpc) is 3.08. The number of nitrogens with one attached hydrogen (secondary N) is 1. The minimum Gasteiger partial charge on any atom is -0.486 e. The standard InChI is InChI=1S/C19H22N4O4/c1-11(24)23-13-5-3-4-6-15(13)27-16-8-7-12(18(25)17(16)23)21-19(26)14-9-10-20-22(14)2/h3-6,9-10,12,16-18,25H,7-8H2,1-2H3,(H,21,26)/t12-,16-,17-,18-/m1/s1. The second-order valence-corrected chi connectivity index (χ2v) is 6.99. The van der Waals surface area contributed by atoms with Crippen LogP contribution in [-0.4, -0.2) is 51.0 Å². The number of para-hydroxylation sites is 2. The quantitative estimate of drug-likeness (QED) is 0.817. The number of aliphatic hydroxyl groups excluding tert-OH is 1. The van der Waals surface area contributed by atoms with Gasteiger partial charge in [-0.3, -0.25) is 19.2 Å². The molecule has 2 aromatic rings. The Bertz CT molecular complexity index is 880. The first kappa shape index (κ1) is 17.5. The van der Waals surface area contributed by atoms with Gasteiger partial charge in [-0.15, -0.1) is 0 Å². The van der Waals surface area contributed by atoms with Crippen molar-refractivity contribution in [2.75, 3.05) is 4.90 Å². The number of hydrogen-bond acceptors (Lipinski definition) is 5. The summed E-state index contributed by atoms with van der Waals surface area (Å²) in [5, 5.41) is 17.9. The van der Waals surface area contributed by atoms with Crippen LogP contribution in [0.15, 0.2) is 36.5 Å². The number of benzene rings is 1. The van der Waals surface area contributed by atoms with E-state index in [1.807, 2.05) is 18.2 Å². The summed E-state index contributed by atoms with van der Waals surface area (Å²) in [6, 6.07) is 7.90. The van der Waals surface area contributed by atoms with E-state index in [0.29, 0.717) is 30.0 Å². The summed E-state index contributed by atoms with van der Waals surface area (Å²) >= 11 is 0. The van der Waals surface area contributed by atoms with Crippen LogP contribution in [-0.2, 0) is 11.8 Å². The van der Waals surface area contributed by atoms with E-state index in [4.69, 9.17) is 4.74 Å². The Labute approximate surface area is 156 Å². The third kappa shape index (κ3) is 2.95. The van der Waals surface area contributed by atoms with Crippen LogP contribution in [0, 0.1) is 0 Å². The molecule has 1 fully saturated rings. The lowest BCUT2D eigenvalue weighted by atomic mass is 9.83.